The molecule has 0 bridgehead atoms. The lowest BCUT2D eigenvalue weighted by Crippen LogP contribution is -2.43. The zero-order chi connectivity index (χ0) is 9.52. The molecule has 1 unspecified atom stereocenters. The molecule has 1 saturated heterocycles. The summed E-state index contributed by atoms with van der Waals surface area (Å²) in [5.74, 6) is 0. The van der Waals surface area contributed by atoms with E-state index in [0.29, 0.717) is 6.04 Å². The third kappa shape index (κ3) is 4.41. The minimum Gasteiger partial charge on any atom is -0.392 e. The largest absolute Gasteiger partial charge is 0.392 e. The summed E-state index contributed by atoms with van der Waals surface area (Å²) in [5.41, 5.74) is 0. The molecule has 0 spiro atoms. The summed E-state index contributed by atoms with van der Waals surface area (Å²) in [6.45, 7) is 3.39. The maximum absolute atomic E-state index is 8.52. The average Bonchev–Trinajstić information content (AvgIpc) is 2.13. The van der Waals surface area contributed by atoms with Gasteiger partial charge in [0.25, 0.3) is 0 Å². The number of rotatable bonds is 4. The lowest BCUT2D eigenvalue weighted by atomic mass is 10.1. The molecular formula is C10H20N2O. The van der Waals surface area contributed by atoms with E-state index in [1.165, 1.54) is 19.4 Å². The van der Waals surface area contributed by atoms with Crippen LogP contribution in [0.4, 0.5) is 0 Å². The van der Waals surface area contributed by atoms with Gasteiger partial charge in [0, 0.05) is 19.1 Å². The van der Waals surface area contributed by atoms with Crippen molar-refractivity contribution in [1.29, 1.82) is 0 Å². The van der Waals surface area contributed by atoms with E-state index in [-0.39, 0.29) is 6.61 Å². The van der Waals surface area contributed by atoms with Crippen molar-refractivity contribution >= 4 is 0 Å². The highest BCUT2D eigenvalue weighted by Gasteiger charge is 2.15. The van der Waals surface area contributed by atoms with E-state index in [9.17, 15) is 0 Å². The summed E-state index contributed by atoms with van der Waals surface area (Å²) in [5, 5.41) is 12.0. The van der Waals surface area contributed by atoms with Gasteiger partial charge in [-0.25, -0.2) is 0 Å². The molecule has 2 N–H and O–H groups in total. The van der Waals surface area contributed by atoms with Gasteiger partial charge in [0.05, 0.1) is 6.61 Å². The molecule has 3 heteroatoms. The van der Waals surface area contributed by atoms with Crippen molar-refractivity contribution in [3.05, 3.63) is 12.2 Å². The lowest BCUT2D eigenvalue weighted by Gasteiger charge is -2.30. The van der Waals surface area contributed by atoms with Gasteiger partial charge in [0.15, 0.2) is 0 Å². The summed E-state index contributed by atoms with van der Waals surface area (Å²) < 4.78 is 0. The van der Waals surface area contributed by atoms with E-state index >= 15 is 0 Å². The summed E-state index contributed by atoms with van der Waals surface area (Å²) in [4.78, 5) is 2.36. The Kier molecular flexibility index (Phi) is 5.05. The van der Waals surface area contributed by atoms with Gasteiger partial charge in [-0.05, 0) is 26.4 Å². The number of aliphatic hydroxyl groups excluding tert-OH is 1. The Morgan fingerprint density at radius 2 is 2.38 bits per heavy atom. The van der Waals surface area contributed by atoms with Gasteiger partial charge in [-0.15, -0.1) is 0 Å². The summed E-state index contributed by atoms with van der Waals surface area (Å²) >= 11 is 0. The first-order valence-electron chi connectivity index (χ1n) is 5.00. The number of piperidine rings is 1. The number of hydrogen-bond donors (Lipinski definition) is 2. The van der Waals surface area contributed by atoms with Gasteiger partial charge < -0.3 is 15.3 Å². The Morgan fingerprint density at radius 1 is 1.54 bits per heavy atom. The van der Waals surface area contributed by atoms with E-state index < -0.39 is 0 Å². The molecule has 13 heavy (non-hydrogen) atoms. The van der Waals surface area contributed by atoms with E-state index in [1.54, 1.807) is 6.08 Å². The van der Waals surface area contributed by atoms with Crippen molar-refractivity contribution in [3.63, 3.8) is 0 Å². The molecule has 1 heterocycles. The maximum atomic E-state index is 8.52. The predicted octanol–water partition coefficient (Wildman–Crippen LogP) is 0.219. The quantitative estimate of drug-likeness (QED) is 0.613. The molecule has 0 saturated carbocycles. The molecule has 0 aromatic rings. The predicted molar refractivity (Wildman–Crippen MR) is 54.7 cm³/mol. The Hall–Kier alpha value is -0.380. The van der Waals surface area contributed by atoms with Gasteiger partial charge in [-0.1, -0.05) is 12.2 Å². The van der Waals surface area contributed by atoms with Crippen LogP contribution in [0.3, 0.4) is 0 Å². The molecule has 1 fully saturated rings. The third-order valence-corrected chi connectivity index (χ3v) is 2.42. The second-order valence-corrected chi connectivity index (χ2v) is 3.66. The van der Waals surface area contributed by atoms with Crippen LogP contribution >= 0.6 is 0 Å². The fourth-order valence-corrected chi connectivity index (χ4v) is 1.73. The second-order valence-electron chi connectivity index (χ2n) is 3.66. The lowest BCUT2D eigenvalue weighted by molar-refractivity contribution is 0.230. The van der Waals surface area contributed by atoms with Crippen LogP contribution in [0.15, 0.2) is 12.2 Å². The zero-order valence-corrected chi connectivity index (χ0v) is 8.37. The van der Waals surface area contributed by atoms with Crippen LogP contribution in [0, 0.1) is 0 Å². The fourth-order valence-electron chi connectivity index (χ4n) is 1.73. The van der Waals surface area contributed by atoms with Crippen molar-refractivity contribution in [3.8, 4) is 0 Å². The van der Waals surface area contributed by atoms with E-state index in [0.717, 1.165) is 13.1 Å². The van der Waals surface area contributed by atoms with Crippen molar-refractivity contribution in [2.45, 2.75) is 18.9 Å². The summed E-state index contributed by atoms with van der Waals surface area (Å²) in [7, 11) is 2.16. The smallest absolute Gasteiger partial charge is 0.0612 e. The molecule has 1 aliphatic heterocycles. The number of likely N-dealkylation sites (tertiary alicyclic amines) is 1. The molecular weight excluding hydrogens is 164 g/mol. The SMILES string of the molecule is CN1CCCC(NC/C=C/CO)C1. The van der Waals surface area contributed by atoms with E-state index in [1.807, 2.05) is 6.08 Å². The normalized spacial score (nSPS) is 25.5. The minimum atomic E-state index is 0.145. The van der Waals surface area contributed by atoms with Crippen LogP contribution in [0.5, 0.6) is 0 Å². The molecule has 1 rings (SSSR count). The molecule has 0 aromatic carbocycles. The molecule has 0 radical (unpaired) electrons. The first kappa shape index (κ1) is 10.7. The summed E-state index contributed by atoms with van der Waals surface area (Å²) in [6.07, 6.45) is 6.32. The Bertz CT molecular complexity index is 159. The average molecular weight is 184 g/mol. The standard InChI is InChI=1S/C10H20N2O/c1-12-7-4-5-10(9-12)11-6-2-3-8-13/h2-3,10-11,13H,4-9H2,1H3/b3-2+. The van der Waals surface area contributed by atoms with Crippen molar-refractivity contribution in [2.75, 3.05) is 33.3 Å². The maximum Gasteiger partial charge on any atom is 0.0612 e. The molecule has 76 valence electrons. The molecule has 3 nitrogen and oxygen atoms in total. The topological polar surface area (TPSA) is 35.5 Å². The van der Waals surface area contributed by atoms with Crippen LogP contribution in [0.2, 0.25) is 0 Å². The molecule has 0 amide bonds. The van der Waals surface area contributed by atoms with Crippen LogP contribution in [-0.4, -0.2) is 49.3 Å². The molecule has 0 aliphatic carbocycles. The highest BCUT2D eigenvalue weighted by Crippen LogP contribution is 2.07. The zero-order valence-electron chi connectivity index (χ0n) is 8.37. The van der Waals surface area contributed by atoms with E-state index in [4.69, 9.17) is 5.11 Å². The van der Waals surface area contributed by atoms with Gasteiger partial charge >= 0.3 is 0 Å². The first-order chi connectivity index (χ1) is 6.33. The van der Waals surface area contributed by atoms with Crippen LogP contribution < -0.4 is 5.32 Å². The number of aliphatic hydroxyl groups is 1. The molecule has 1 aliphatic rings. The van der Waals surface area contributed by atoms with E-state index in [2.05, 4.69) is 17.3 Å². The third-order valence-electron chi connectivity index (χ3n) is 2.42. The number of nitrogens with zero attached hydrogens (tertiary/aromatic N) is 1. The van der Waals surface area contributed by atoms with Crippen molar-refractivity contribution in [1.82, 2.24) is 10.2 Å². The first-order valence-corrected chi connectivity index (χ1v) is 5.00. The molecule has 1 atom stereocenters. The van der Waals surface area contributed by atoms with Gasteiger partial charge in [-0.2, -0.15) is 0 Å². The Labute approximate surface area is 80.4 Å². The fraction of sp³-hybridized carbons (Fsp3) is 0.800. The highest BCUT2D eigenvalue weighted by molar-refractivity contribution is 4.86. The highest BCUT2D eigenvalue weighted by atomic mass is 16.2. The van der Waals surface area contributed by atoms with Crippen molar-refractivity contribution < 1.29 is 5.11 Å². The van der Waals surface area contributed by atoms with Gasteiger partial charge in [-0.3, -0.25) is 0 Å². The van der Waals surface area contributed by atoms with Gasteiger partial charge in [0.2, 0.25) is 0 Å². The van der Waals surface area contributed by atoms with Gasteiger partial charge in [0.1, 0.15) is 0 Å². The van der Waals surface area contributed by atoms with Crippen LogP contribution in [0.25, 0.3) is 0 Å². The van der Waals surface area contributed by atoms with Crippen LogP contribution in [0.1, 0.15) is 12.8 Å². The Balaban J connectivity index is 2.10. The monoisotopic (exact) mass is 184 g/mol. The van der Waals surface area contributed by atoms with Crippen molar-refractivity contribution in [2.24, 2.45) is 0 Å². The van der Waals surface area contributed by atoms with Crippen LogP contribution in [-0.2, 0) is 0 Å². The number of likely N-dealkylation sites (N-methyl/N-ethyl adjacent to an activating group) is 1. The number of hydrogen-bond acceptors (Lipinski definition) is 3. The number of nitrogens with one attached hydrogen (secondary N) is 1. The molecule has 0 aromatic heterocycles. The second kappa shape index (κ2) is 6.13. The minimum absolute atomic E-state index is 0.145. The summed E-state index contributed by atoms with van der Waals surface area (Å²) in [6, 6.07) is 0.627. The Morgan fingerprint density at radius 3 is 3.08 bits per heavy atom.